The first-order chi connectivity index (χ1) is 14.8. The van der Waals surface area contributed by atoms with Gasteiger partial charge in [-0.25, -0.2) is 0 Å². The summed E-state index contributed by atoms with van der Waals surface area (Å²) in [5.41, 5.74) is -0.615. The predicted molar refractivity (Wildman–Crippen MR) is 114 cm³/mol. The number of fused-ring (bicyclic) bond motifs is 1. The second kappa shape index (κ2) is 8.47. The molecule has 1 aliphatic heterocycles. The number of ether oxygens (including phenoxy) is 1. The highest BCUT2D eigenvalue weighted by Crippen LogP contribution is 2.34. The molecular weight excluding hydrogens is 427 g/mol. The van der Waals surface area contributed by atoms with E-state index in [-0.39, 0.29) is 23.6 Å². The minimum Gasteiger partial charge on any atom is -0.491 e. The number of hydrogen-bond acceptors (Lipinski definition) is 4. The standard InChI is InChI=1S/C23H16F3NO3S/c24-23(25,26)17-8-3-5-15(13-17)14-20-21(28)27(22(29)31-20)11-12-30-19-10-4-7-16-6-1-2-9-18(16)19/h1-10,13-14H,11-12H2/b20-14-. The summed E-state index contributed by atoms with van der Waals surface area (Å²) in [5.74, 6) is 0.0958. The molecule has 1 fully saturated rings. The maximum Gasteiger partial charge on any atom is 0.416 e. The predicted octanol–water partition coefficient (Wildman–Crippen LogP) is 5.97. The molecule has 1 heterocycles. The van der Waals surface area contributed by atoms with Crippen LogP contribution in [-0.2, 0) is 11.0 Å². The second-order valence-electron chi connectivity index (χ2n) is 6.78. The highest BCUT2D eigenvalue weighted by atomic mass is 32.2. The lowest BCUT2D eigenvalue weighted by Crippen LogP contribution is -2.32. The van der Waals surface area contributed by atoms with Crippen LogP contribution >= 0.6 is 11.8 Å². The van der Waals surface area contributed by atoms with Crippen LogP contribution in [0.1, 0.15) is 11.1 Å². The van der Waals surface area contributed by atoms with Crippen molar-refractivity contribution >= 4 is 39.8 Å². The number of thioether (sulfide) groups is 1. The van der Waals surface area contributed by atoms with Crippen molar-refractivity contribution in [3.8, 4) is 5.75 Å². The molecular formula is C23H16F3NO3S. The molecule has 1 aliphatic rings. The van der Waals surface area contributed by atoms with Gasteiger partial charge in [-0.05, 0) is 47.0 Å². The lowest BCUT2D eigenvalue weighted by molar-refractivity contribution is -0.137. The summed E-state index contributed by atoms with van der Waals surface area (Å²) in [6.07, 6.45) is -3.19. The third-order valence-electron chi connectivity index (χ3n) is 4.71. The Balaban J connectivity index is 1.44. The van der Waals surface area contributed by atoms with Gasteiger partial charge in [0.1, 0.15) is 12.4 Å². The average Bonchev–Trinajstić information content (AvgIpc) is 3.01. The Morgan fingerprint density at radius 3 is 2.52 bits per heavy atom. The number of nitrogens with zero attached hydrogens (tertiary/aromatic N) is 1. The zero-order valence-corrected chi connectivity index (χ0v) is 16.9. The summed E-state index contributed by atoms with van der Waals surface area (Å²) < 4.78 is 44.5. The summed E-state index contributed by atoms with van der Waals surface area (Å²) in [6, 6.07) is 17.9. The Labute approximate surface area is 180 Å². The molecule has 3 aromatic rings. The zero-order chi connectivity index (χ0) is 22.0. The van der Waals surface area contributed by atoms with Gasteiger partial charge in [-0.2, -0.15) is 13.2 Å². The first-order valence-electron chi connectivity index (χ1n) is 9.36. The number of carbonyl (C=O) groups excluding carboxylic acids is 2. The van der Waals surface area contributed by atoms with Gasteiger partial charge in [0.15, 0.2) is 0 Å². The maximum atomic E-state index is 12.9. The fourth-order valence-corrected chi connectivity index (χ4v) is 4.08. The molecule has 0 unspecified atom stereocenters. The molecule has 158 valence electrons. The zero-order valence-electron chi connectivity index (χ0n) is 16.1. The van der Waals surface area contributed by atoms with Crippen molar-refractivity contribution in [3.05, 3.63) is 82.8 Å². The van der Waals surface area contributed by atoms with Gasteiger partial charge < -0.3 is 4.74 Å². The smallest absolute Gasteiger partial charge is 0.416 e. The molecule has 2 amide bonds. The fraction of sp³-hybridized carbons (Fsp3) is 0.130. The number of benzene rings is 3. The van der Waals surface area contributed by atoms with Crippen molar-refractivity contribution in [3.63, 3.8) is 0 Å². The lowest BCUT2D eigenvalue weighted by Gasteiger charge is -2.14. The van der Waals surface area contributed by atoms with Gasteiger partial charge in [-0.1, -0.05) is 48.5 Å². The molecule has 0 spiro atoms. The van der Waals surface area contributed by atoms with Crippen molar-refractivity contribution in [1.82, 2.24) is 4.90 Å². The van der Waals surface area contributed by atoms with Gasteiger partial charge in [0.05, 0.1) is 17.0 Å². The van der Waals surface area contributed by atoms with Gasteiger partial charge in [0, 0.05) is 5.39 Å². The summed E-state index contributed by atoms with van der Waals surface area (Å²) in [4.78, 5) is 26.0. The number of rotatable bonds is 5. The van der Waals surface area contributed by atoms with Crippen LogP contribution in [0.3, 0.4) is 0 Å². The fourth-order valence-electron chi connectivity index (χ4n) is 3.22. The van der Waals surface area contributed by atoms with Gasteiger partial charge in [0.2, 0.25) is 0 Å². The summed E-state index contributed by atoms with van der Waals surface area (Å²) in [7, 11) is 0. The normalized spacial score (nSPS) is 15.8. The van der Waals surface area contributed by atoms with Crippen LogP contribution < -0.4 is 4.74 Å². The van der Waals surface area contributed by atoms with Crippen LogP contribution in [0.15, 0.2) is 71.6 Å². The monoisotopic (exact) mass is 443 g/mol. The molecule has 4 rings (SSSR count). The minimum atomic E-state index is -4.48. The third-order valence-corrected chi connectivity index (χ3v) is 5.61. The number of imide groups is 1. The molecule has 4 nitrogen and oxygen atoms in total. The van der Waals surface area contributed by atoms with Crippen LogP contribution in [0.2, 0.25) is 0 Å². The van der Waals surface area contributed by atoms with E-state index in [1.54, 1.807) is 0 Å². The lowest BCUT2D eigenvalue weighted by atomic mass is 10.1. The van der Waals surface area contributed by atoms with Gasteiger partial charge >= 0.3 is 6.18 Å². The van der Waals surface area contributed by atoms with Crippen molar-refractivity contribution < 1.29 is 27.5 Å². The largest absolute Gasteiger partial charge is 0.491 e. The Hall–Kier alpha value is -3.26. The second-order valence-corrected chi connectivity index (χ2v) is 7.78. The molecule has 0 aromatic heterocycles. The minimum absolute atomic E-state index is 0.0355. The molecule has 0 N–H and O–H groups in total. The van der Waals surface area contributed by atoms with Crippen LogP contribution in [0.25, 0.3) is 16.8 Å². The van der Waals surface area contributed by atoms with Crippen molar-refractivity contribution in [2.45, 2.75) is 6.18 Å². The Morgan fingerprint density at radius 2 is 1.71 bits per heavy atom. The highest BCUT2D eigenvalue weighted by molar-refractivity contribution is 8.18. The van der Waals surface area contributed by atoms with E-state index in [2.05, 4.69) is 0 Å². The van der Waals surface area contributed by atoms with Gasteiger partial charge in [-0.3, -0.25) is 14.5 Å². The molecule has 31 heavy (non-hydrogen) atoms. The molecule has 0 aliphatic carbocycles. The number of carbonyl (C=O) groups is 2. The Kier molecular flexibility index (Phi) is 5.73. The van der Waals surface area contributed by atoms with Crippen LogP contribution in [0.5, 0.6) is 5.75 Å². The third kappa shape index (κ3) is 4.59. The van der Waals surface area contributed by atoms with E-state index in [1.165, 1.54) is 18.2 Å². The molecule has 1 saturated heterocycles. The van der Waals surface area contributed by atoms with E-state index < -0.39 is 22.9 Å². The van der Waals surface area contributed by atoms with E-state index in [9.17, 15) is 22.8 Å². The summed E-state index contributed by atoms with van der Waals surface area (Å²) >= 11 is 0.701. The van der Waals surface area contributed by atoms with Gasteiger partial charge in [0.25, 0.3) is 11.1 Å². The topological polar surface area (TPSA) is 46.6 Å². The maximum absolute atomic E-state index is 12.9. The van der Waals surface area contributed by atoms with E-state index >= 15 is 0 Å². The molecule has 0 atom stereocenters. The van der Waals surface area contributed by atoms with E-state index in [1.807, 2.05) is 42.5 Å². The quantitative estimate of drug-likeness (QED) is 0.456. The highest BCUT2D eigenvalue weighted by Gasteiger charge is 2.35. The van der Waals surface area contributed by atoms with Crippen LogP contribution in [-0.4, -0.2) is 29.2 Å². The van der Waals surface area contributed by atoms with Crippen molar-refractivity contribution in [1.29, 1.82) is 0 Å². The first-order valence-corrected chi connectivity index (χ1v) is 10.2. The number of amides is 2. The van der Waals surface area contributed by atoms with Crippen molar-refractivity contribution in [2.75, 3.05) is 13.2 Å². The molecule has 0 saturated carbocycles. The van der Waals surface area contributed by atoms with Crippen LogP contribution in [0.4, 0.5) is 18.0 Å². The molecule has 0 radical (unpaired) electrons. The molecule has 3 aromatic carbocycles. The Bertz CT molecular complexity index is 1180. The SMILES string of the molecule is O=C1S/C(=C\c2cccc(C(F)(F)F)c2)C(=O)N1CCOc1cccc2ccccc12. The summed E-state index contributed by atoms with van der Waals surface area (Å²) in [6.45, 7) is 0.136. The van der Waals surface area contributed by atoms with Gasteiger partial charge in [-0.15, -0.1) is 0 Å². The summed E-state index contributed by atoms with van der Waals surface area (Å²) in [5, 5.41) is 1.45. The first kappa shape index (κ1) is 21.0. The van der Waals surface area contributed by atoms with Crippen LogP contribution in [0, 0.1) is 0 Å². The molecule has 0 bridgehead atoms. The number of hydrogen-bond donors (Lipinski definition) is 0. The molecule has 8 heteroatoms. The van der Waals surface area contributed by atoms with E-state index in [0.29, 0.717) is 17.5 Å². The van der Waals surface area contributed by atoms with E-state index in [4.69, 9.17) is 4.74 Å². The van der Waals surface area contributed by atoms with Crippen molar-refractivity contribution in [2.24, 2.45) is 0 Å². The Morgan fingerprint density at radius 1 is 0.968 bits per heavy atom. The average molecular weight is 443 g/mol. The number of alkyl halides is 3. The van der Waals surface area contributed by atoms with E-state index in [0.717, 1.165) is 27.8 Å². The number of halogens is 3.